The molecule has 0 spiro atoms. The van der Waals surface area contributed by atoms with Gasteiger partial charge in [0.05, 0.1) is 21.3 Å². The van der Waals surface area contributed by atoms with Gasteiger partial charge in [-0.05, 0) is 82.0 Å². The summed E-state index contributed by atoms with van der Waals surface area (Å²) < 4.78 is 1.25. The van der Waals surface area contributed by atoms with Crippen LogP contribution in [-0.2, 0) is 4.79 Å². The lowest BCUT2D eigenvalue weighted by Crippen LogP contribution is -2.46. The van der Waals surface area contributed by atoms with Gasteiger partial charge in [-0.3, -0.25) is 9.69 Å². The van der Waals surface area contributed by atoms with Crippen molar-refractivity contribution in [2.24, 2.45) is 0 Å². The molecule has 2 aliphatic rings. The number of carbonyl (C=O) groups excluding carboxylic acids is 1. The summed E-state index contributed by atoms with van der Waals surface area (Å²) in [4.78, 5) is 22.6. The molecule has 1 N–H and O–H groups in total. The summed E-state index contributed by atoms with van der Waals surface area (Å²) in [6.45, 7) is 6.14. The maximum absolute atomic E-state index is 13.0. The van der Waals surface area contributed by atoms with E-state index < -0.39 is 0 Å². The first-order valence-corrected chi connectivity index (χ1v) is 12.7. The van der Waals surface area contributed by atoms with E-state index in [9.17, 15) is 4.79 Å². The Balaban J connectivity index is 1.20. The fourth-order valence-electron chi connectivity index (χ4n) is 4.94. The Labute approximate surface area is 194 Å². The minimum Gasteiger partial charge on any atom is -0.372 e. The van der Waals surface area contributed by atoms with Crippen molar-refractivity contribution in [3.05, 3.63) is 53.5 Å². The molecule has 2 fully saturated rings. The minimum absolute atomic E-state index is 0.0701. The number of para-hydroxylation sites is 1. The van der Waals surface area contributed by atoms with Crippen molar-refractivity contribution in [1.29, 1.82) is 0 Å². The number of anilines is 2. The van der Waals surface area contributed by atoms with Crippen molar-refractivity contribution in [2.45, 2.75) is 51.0 Å². The molecular weight excluding hydrogens is 416 g/mol. The average Bonchev–Trinajstić information content (AvgIpc) is 3.29. The number of aromatic nitrogens is 1. The first kappa shape index (κ1) is 21.4. The molecule has 6 heteroatoms. The number of nitrogens with zero attached hydrogens (tertiary/aromatic N) is 3. The van der Waals surface area contributed by atoms with E-state index in [1.807, 2.05) is 25.1 Å². The van der Waals surface area contributed by atoms with Crippen LogP contribution >= 0.6 is 11.3 Å². The van der Waals surface area contributed by atoms with Crippen molar-refractivity contribution in [3.8, 4) is 0 Å². The molecule has 2 saturated heterocycles. The second kappa shape index (κ2) is 9.59. The van der Waals surface area contributed by atoms with Crippen LogP contribution < -0.4 is 10.2 Å². The summed E-state index contributed by atoms with van der Waals surface area (Å²) in [5.41, 5.74) is 3.22. The lowest BCUT2D eigenvalue weighted by Gasteiger charge is -2.35. The van der Waals surface area contributed by atoms with Crippen molar-refractivity contribution in [1.82, 2.24) is 9.88 Å². The van der Waals surface area contributed by atoms with Crippen LogP contribution in [-0.4, -0.2) is 48.0 Å². The minimum atomic E-state index is -0.158. The van der Waals surface area contributed by atoms with Crippen LogP contribution in [0.1, 0.15) is 50.0 Å². The van der Waals surface area contributed by atoms with Crippen LogP contribution in [0.5, 0.6) is 0 Å². The molecule has 0 radical (unpaired) electrons. The molecule has 3 heterocycles. The molecule has 0 unspecified atom stereocenters. The van der Waals surface area contributed by atoms with E-state index in [-0.39, 0.29) is 11.9 Å². The highest BCUT2D eigenvalue weighted by atomic mass is 32.1. The van der Waals surface area contributed by atoms with Gasteiger partial charge in [0.15, 0.2) is 0 Å². The number of carbonyl (C=O) groups is 1. The van der Waals surface area contributed by atoms with E-state index in [4.69, 9.17) is 4.98 Å². The van der Waals surface area contributed by atoms with Crippen LogP contribution in [0.25, 0.3) is 10.2 Å². The van der Waals surface area contributed by atoms with Crippen molar-refractivity contribution >= 4 is 38.8 Å². The normalized spacial score (nSPS) is 20.9. The zero-order valence-corrected chi connectivity index (χ0v) is 19.6. The predicted octanol–water partition coefficient (Wildman–Crippen LogP) is 5.49. The third kappa shape index (κ3) is 4.66. The highest BCUT2D eigenvalue weighted by Crippen LogP contribution is 2.33. The molecule has 1 aromatic heterocycles. The molecule has 168 valence electrons. The first-order chi connectivity index (χ1) is 15.7. The topological polar surface area (TPSA) is 48.5 Å². The van der Waals surface area contributed by atoms with E-state index >= 15 is 0 Å². The molecule has 1 amide bonds. The number of fused-ring (bicyclic) bond motifs is 1. The molecular formula is C26H32N4OS. The zero-order chi connectivity index (χ0) is 21.9. The molecule has 2 aliphatic heterocycles. The van der Waals surface area contributed by atoms with Gasteiger partial charge < -0.3 is 10.2 Å². The lowest BCUT2D eigenvalue weighted by molar-refractivity contribution is -0.121. The van der Waals surface area contributed by atoms with Gasteiger partial charge in [0.2, 0.25) is 5.91 Å². The molecule has 2 atom stereocenters. The highest BCUT2D eigenvalue weighted by Gasteiger charge is 2.29. The van der Waals surface area contributed by atoms with E-state index in [0.29, 0.717) is 5.92 Å². The Hall–Kier alpha value is -2.44. The number of rotatable bonds is 5. The van der Waals surface area contributed by atoms with Crippen LogP contribution in [0.15, 0.2) is 48.5 Å². The van der Waals surface area contributed by atoms with Gasteiger partial charge >= 0.3 is 0 Å². The fourth-order valence-corrected chi connectivity index (χ4v) is 6.04. The summed E-state index contributed by atoms with van der Waals surface area (Å²) in [6.07, 6.45) is 6.11. The standard InChI is InChI=1S/C26H32N4OS/c1-19(25(31)27-21-11-13-22(14-12-21)29-15-5-2-6-16-29)30-17-7-8-20(18-30)26-28-23-9-3-4-10-24(23)32-26/h3-4,9-14,19-20H,2,5-8,15-18H2,1H3,(H,27,31)/t19-,20-/m0/s1. The third-order valence-corrected chi connectivity index (χ3v) is 8.09. The van der Waals surface area contributed by atoms with Gasteiger partial charge in [0.25, 0.3) is 0 Å². The highest BCUT2D eigenvalue weighted by molar-refractivity contribution is 7.18. The van der Waals surface area contributed by atoms with E-state index in [1.54, 1.807) is 11.3 Å². The molecule has 32 heavy (non-hydrogen) atoms. The van der Waals surface area contributed by atoms with E-state index in [1.165, 1.54) is 34.7 Å². The Morgan fingerprint density at radius 1 is 1.03 bits per heavy atom. The Bertz CT molecular complexity index is 1020. The van der Waals surface area contributed by atoms with Crippen LogP contribution in [0.4, 0.5) is 11.4 Å². The SMILES string of the molecule is C[C@@H](C(=O)Nc1ccc(N2CCCCC2)cc1)N1CCC[C@H](c2nc3ccccc3s2)C1. The monoisotopic (exact) mass is 448 g/mol. The maximum atomic E-state index is 13.0. The summed E-state index contributed by atoms with van der Waals surface area (Å²) >= 11 is 1.80. The van der Waals surface area contributed by atoms with Crippen molar-refractivity contribution in [3.63, 3.8) is 0 Å². The van der Waals surface area contributed by atoms with Crippen LogP contribution in [0, 0.1) is 0 Å². The van der Waals surface area contributed by atoms with Crippen LogP contribution in [0.2, 0.25) is 0 Å². The average molecular weight is 449 g/mol. The second-order valence-corrected chi connectivity index (χ2v) is 10.2. The lowest BCUT2D eigenvalue weighted by atomic mass is 9.97. The third-order valence-electron chi connectivity index (χ3n) is 6.90. The molecule has 0 saturated carbocycles. The van der Waals surface area contributed by atoms with Gasteiger partial charge in [-0.2, -0.15) is 0 Å². The maximum Gasteiger partial charge on any atom is 0.241 e. The number of nitrogens with one attached hydrogen (secondary N) is 1. The summed E-state index contributed by atoms with van der Waals surface area (Å²) in [7, 11) is 0. The quantitative estimate of drug-likeness (QED) is 0.560. The fraction of sp³-hybridized carbons (Fsp3) is 0.462. The number of thiazole rings is 1. The van der Waals surface area contributed by atoms with Gasteiger partial charge in [-0.1, -0.05) is 12.1 Å². The molecule has 5 nitrogen and oxygen atoms in total. The number of likely N-dealkylation sites (tertiary alicyclic amines) is 1. The van der Waals surface area contributed by atoms with E-state index in [2.05, 4.69) is 45.4 Å². The van der Waals surface area contributed by atoms with Gasteiger partial charge in [-0.15, -0.1) is 11.3 Å². The number of hydrogen-bond donors (Lipinski definition) is 1. The smallest absolute Gasteiger partial charge is 0.241 e. The zero-order valence-electron chi connectivity index (χ0n) is 18.8. The van der Waals surface area contributed by atoms with E-state index in [0.717, 1.165) is 50.2 Å². The molecule has 0 aliphatic carbocycles. The number of hydrogen-bond acceptors (Lipinski definition) is 5. The van der Waals surface area contributed by atoms with Crippen molar-refractivity contribution < 1.29 is 4.79 Å². The first-order valence-electron chi connectivity index (χ1n) is 11.9. The van der Waals surface area contributed by atoms with Crippen LogP contribution in [0.3, 0.4) is 0 Å². The summed E-state index contributed by atoms with van der Waals surface area (Å²) in [5.74, 6) is 0.473. The van der Waals surface area contributed by atoms with Gasteiger partial charge in [0.1, 0.15) is 0 Å². The largest absolute Gasteiger partial charge is 0.372 e. The molecule has 5 rings (SSSR count). The van der Waals surface area contributed by atoms with Crippen molar-refractivity contribution in [2.75, 3.05) is 36.4 Å². The van der Waals surface area contributed by atoms with Gasteiger partial charge in [0, 0.05) is 36.9 Å². The number of piperidine rings is 2. The number of amides is 1. The Morgan fingerprint density at radius 3 is 2.59 bits per heavy atom. The van der Waals surface area contributed by atoms with Gasteiger partial charge in [-0.25, -0.2) is 4.98 Å². The predicted molar refractivity (Wildman–Crippen MR) is 134 cm³/mol. The molecule has 3 aromatic rings. The molecule has 0 bridgehead atoms. The Morgan fingerprint density at radius 2 is 1.81 bits per heavy atom. The summed E-state index contributed by atoms with van der Waals surface area (Å²) in [5, 5.41) is 4.34. The Kier molecular flexibility index (Phi) is 6.42. The number of benzene rings is 2. The second-order valence-electron chi connectivity index (χ2n) is 9.11. The summed E-state index contributed by atoms with van der Waals surface area (Å²) in [6, 6.07) is 16.5. The molecule has 2 aromatic carbocycles.